The molecule has 0 aliphatic rings. The van der Waals surface area contributed by atoms with Gasteiger partial charge in [-0.1, -0.05) is 40.6 Å². The number of ether oxygens (including phenoxy) is 1. The van der Waals surface area contributed by atoms with E-state index in [9.17, 15) is 4.79 Å². The maximum atomic E-state index is 11.8. The molecule has 0 aliphatic heterocycles. The fourth-order valence-electron chi connectivity index (χ4n) is 2.14. The molecule has 28 heavy (non-hydrogen) atoms. The lowest BCUT2D eigenvalue weighted by Crippen LogP contribution is -2.19. The maximum absolute atomic E-state index is 11.8. The molecule has 1 aromatic heterocycles. The highest BCUT2D eigenvalue weighted by Gasteiger charge is 2.07. The van der Waals surface area contributed by atoms with Gasteiger partial charge in [0.15, 0.2) is 0 Å². The normalized spacial score (nSPS) is 10.9. The van der Waals surface area contributed by atoms with Crippen molar-refractivity contribution in [3.8, 4) is 5.75 Å². The number of carbonyl (C=O) groups excluding carboxylic acids is 1. The molecule has 0 bridgehead atoms. The van der Waals surface area contributed by atoms with Gasteiger partial charge in [0, 0.05) is 15.6 Å². The Kier molecular flexibility index (Phi) is 6.80. The molecule has 0 saturated heterocycles. The Morgan fingerprint density at radius 2 is 2.00 bits per heavy atom. The van der Waals surface area contributed by atoms with E-state index in [-0.39, 0.29) is 12.3 Å². The monoisotopic (exact) mass is 435 g/mol. The third-order valence-electron chi connectivity index (χ3n) is 3.49. The SMILES string of the molecule is Nc1nnc(CC(=O)NN=Cc2ccc(OCc3ccc(Cl)cc3Cl)cc2)s1. The maximum Gasteiger partial charge on any atom is 0.247 e. The molecule has 0 radical (unpaired) electrons. The van der Waals surface area contributed by atoms with Crippen LogP contribution in [0.1, 0.15) is 16.1 Å². The molecular formula is C18H15Cl2N5O2S. The molecule has 3 rings (SSSR count). The van der Waals surface area contributed by atoms with Crippen LogP contribution >= 0.6 is 34.5 Å². The first kappa shape index (κ1) is 20.1. The number of nitrogens with zero attached hydrogens (tertiary/aromatic N) is 3. The van der Waals surface area contributed by atoms with Crippen LogP contribution in [-0.4, -0.2) is 22.3 Å². The van der Waals surface area contributed by atoms with Crippen molar-refractivity contribution in [2.45, 2.75) is 13.0 Å². The Balaban J connectivity index is 1.48. The zero-order valence-electron chi connectivity index (χ0n) is 14.4. The molecule has 144 valence electrons. The second-order valence-corrected chi connectivity index (χ2v) is 7.53. The van der Waals surface area contributed by atoms with E-state index in [2.05, 4.69) is 20.7 Å². The van der Waals surface area contributed by atoms with Crippen LogP contribution in [0.2, 0.25) is 10.0 Å². The number of hydrogen-bond donors (Lipinski definition) is 2. The fourth-order valence-corrected chi connectivity index (χ4v) is 3.21. The minimum absolute atomic E-state index is 0.0756. The number of rotatable bonds is 7. The third-order valence-corrected chi connectivity index (χ3v) is 4.83. The van der Waals surface area contributed by atoms with Crippen molar-refractivity contribution in [1.82, 2.24) is 15.6 Å². The van der Waals surface area contributed by atoms with Crippen LogP contribution in [0.25, 0.3) is 0 Å². The van der Waals surface area contributed by atoms with Crippen LogP contribution < -0.4 is 15.9 Å². The van der Waals surface area contributed by atoms with Crippen LogP contribution in [-0.2, 0) is 17.8 Å². The standard InChI is InChI=1S/C18H15Cl2N5O2S/c19-13-4-3-12(15(20)7-13)10-27-14-5-1-11(2-6-14)9-22-23-16(26)8-17-24-25-18(21)28-17/h1-7,9H,8,10H2,(H2,21,25)(H,23,26). The van der Waals surface area contributed by atoms with E-state index in [0.29, 0.717) is 32.5 Å². The molecule has 0 saturated carbocycles. The van der Waals surface area contributed by atoms with Crippen molar-refractivity contribution in [2.75, 3.05) is 5.73 Å². The molecular weight excluding hydrogens is 421 g/mol. The number of hydrazone groups is 1. The number of benzene rings is 2. The second-order valence-electron chi connectivity index (χ2n) is 5.60. The molecule has 3 aromatic rings. The summed E-state index contributed by atoms with van der Waals surface area (Å²) in [6, 6.07) is 12.5. The van der Waals surface area contributed by atoms with E-state index in [1.807, 2.05) is 18.2 Å². The van der Waals surface area contributed by atoms with Crippen molar-refractivity contribution in [1.29, 1.82) is 0 Å². The van der Waals surface area contributed by atoms with Crippen LogP contribution in [0.5, 0.6) is 5.75 Å². The molecule has 2 aromatic carbocycles. The number of aromatic nitrogens is 2. The summed E-state index contributed by atoms with van der Waals surface area (Å²) < 4.78 is 5.72. The van der Waals surface area contributed by atoms with Gasteiger partial charge in [0.1, 0.15) is 17.4 Å². The summed E-state index contributed by atoms with van der Waals surface area (Å²) in [5.41, 5.74) is 9.55. The lowest BCUT2D eigenvalue weighted by molar-refractivity contribution is -0.120. The highest BCUT2D eigenvalue weighted by atomic mass is 35.5. The van der Waals surface area contributed by atoms with Gasteiger partial charge in [-0.15, -0.1) is 10.2 Å². The van der Waals surface area contributed by atoms with Crippen LogP contribution in [0.3, 0.4) is 0 Å². The highest BCUT2D eigenvalue weighted by Crippen LogP contribution is 2.22. The summed E-state index contributed by atoms with van der Waals surface area (Å²) in [6.07, 6.45) is 1.61. The summed E-state index contributed by atoms with van der Waals surface area (Å²) in [4.78, 5) is 11.8. The molecule has 0 aliphatic carbocycles. The lowest BCUT2D eigenvalue weighted by atomic mass is 10.2. The van der Waals surface area contributed by atoms with Gasteiger partial charge < -0.3 is 10.5 Å². The Labute approximate surface area is 175 Å². The van der Waals surface area contributed by atoms with Gasteiger partial charge in [-0.05, 0) is 42.0 Å². The number of carbonyl (C=O) groups is 1. The Hall–Kier alpha value is -2.68. The molecule has 0 spiro atoms. The predicted octanol–water partition coefficient (Wildman–Crippen LogP) is 3.70. The molecule has 7 nitrogen and oxygen atoms in total. The average Bonchev–Trinajstić information content (AvgIpc) is 3.07. The minimum Gasteiger partial charge on any atom is -0.489 e. The summed E-state index contributed by atoms with van der Waals surface area (Å²) >= 11 is 13.2. The number of halogens is 2. The smallest absolute Gasteiger partial charge is 0.247 e. The predicted molar refractivity (Wildman–Crippen MR) is 111 cm³/mol. The molecule has 0 fully saturated rings. The van der Waals surface area contributed by atoms with Crippen molar-refractivity contribution >= 4 is 51.8 Å². The molecule has 3 N–H and O–H groups in total. The highest BCUT2D eigenvalue weighted by molar-refractivity contribution is 7.15. The number of nitrogens with two attached hydrogens (primary N) is 1. The second kappa shape index (κ2) is 9.50. The van der Waals surface area contributed by atoms with E-state index < -0.39 is 0 Å². The third kappa shape index (κ3) is 5.91. The number of nitrogen functional groups attached to an aromatic ring is 1. The van der Waals surface area contributed by atoms with Crippen molar-refractivity contribution in [2.24, 2.45) is 5.10 Å². The minimum atomic E-state index is -0.299. The lowest BCUT2D eigenvalue weighted by Gasteiger charge is -2.08. The summed E-state index contributed by atoms with van der Waals surface area (Å²) in [7, 11) is 0. The molecule has 1 amide bonds. The number of nitrogens with one attached hydrogen (secondary N) is 1. The average molecular weight is 436 g/mol. The summed E-state index contributed by atoms with van der Waals surface area (Å²) in [5, 5.41) is 13.4. The van der Waals surface area contributed by atoms with Gasteiger partial charge in [-0.3, -0.25) is 4.79 Å². The molecule has 0 atom stereocenters. The van der Waals surface area contributed by atoms with Gasteiger partial charge in [0.05, 0.1) is 12.6 Å². The zero-order valence-corrected chi connectivity index (χ0v) is 16.8. The summed E-state index contributed by atoms with van der Waals surface area (Å²) in [5.74, 6) is 0.383. The largest absolute Gasteiger partial charge is 0.489 e. The zero-order chi connectivity index (χ0) is 19.9. The van der Waals surface area contributed by atoms with E-state index in [1.54, 1.807) is 24.3 Å². The van der Waals surface area contributed by atoms with Gasteiger partial charge in [-0.25, -0.2) is 5.43 Å². The van der Waals surface area contributed by atoms with E-state index in [1.165, 1.54) is 17.6 Å². The first-order valence-corrected chi connectivity index (χ1v) is 9.63. The summed E-state index contributed by atoms with van der Waals surface area (Å²) in [6.45, 7) is 0.329. The van der Waals surface area contributed by atoms with Gasteiger partial charge in [0.25, 0.3) is 0 Å². The van der Waals surface area contributed by atoms with Crippen LogP contribution in [0.15, 0.2) is 47.6 Å². The molecule has 1 heterocycles. The molecule has 10 heteroatoms. The Morgan fingerprint density at radius 1 is 1.21 bits per heavy atom. The van der Waals surface area contributed by atoms with Crippen molar-refractivity contribution < 1.29 is 9.53 Å². The number of hydrogen-bond acceptors (Lipinski definition) is 7. The number of anilines is 1. The first-order valence-electron chi connectivity index (χ1n) is 8.06. The molecule has 0 unspecified atom stereocenters. The fraction of sp³-hybridized carbons (Fsp3) is 0.111. The van der Waals surface area contributed by atoms with Crippen LogP contribution in [0, 0.1) is 0 Å². The van der Waals surface area contributed by atoms with E-state index in [0.717, 1.165) is 11.1 Å². The van der Waals surface area contributed by atoms with Gasteiger partial charge >= 0.3 is 0 Å². The Bertz CT molecular complexity index is 992. The first-order chi connectivity index (χ1) is 13.5. The van der Waals surface area contributed by atoms with Gasteiger partial charge in [0.2, 0.25) is 11.0 Å². The number of amides is 1. The van der Waals surface area contributed by atoms with Gasteiger partial charge in [-0.2, -0.15) is 5.10 Å². The van der Waals surface area contributed by atoms with E-state index in [4.69, 9.17) is 33.7 Å². The van der Waals surface area contributed by atoms with E-state index >= 15 is 0 Å². The van der Waals surface area contributed by atoms with Crippen molar-refractivity contribution in [3.63, 3.8) is 0 Å². The van der Waals surface area contributed by atoms with Crippen LogP contribution in [0.4, 0.5) is 5.13 Å². The quantitative estimate of drug-likeness (QED) is 0.434. The van der Waals surface area contributed by atoms with Crippen molar-refractivity contribution in [3.05, 3.63) is 68.6 Å². The topological polar surface area (TPSA) is 102 Å². The Morgan fingerprint density at radius 3 is 2.68 bits per heavy atom.